The van der Waals surface area contributed by atoms with Gasteiger partial charge >= 0.3 is 5.97 Å². The van der Waals surface area contributed by atoms with Crippen molar-refractivity contribution in [3.8, 4) is 0 Å². The van der Waals surface area contributed by atoms with Crippen molar-refractivity contribution < 1.29 is 14.3 Å². The molecular weight excluding hydrogens is 265 g/mol. The number of hydrogen-bond acceptors (Lipinski definition) is 3. The van der Waals surface area contributed by atoms with Gasteiger partial charge in [0.1, 0.15) is 5.82 Å². The van der Waals surface area contributed by atoms with Crippen LogP contribution in [0.4, 0.5) is 10.1 Å². The van der Waals surface area contributed by atoms with Gasteiger partial charge in [-0.25, -0.2) is 9.18 Å². The number of carboxylic acids is 1. The minimum Gasteiger partial charge on any atom is -0.478 e. The number of carbonyl (C=O) groups is 1. The van der Waals surface area contributed by atoms with Gasteiger partial charge in [0.15, 0.2) is 0 Å². The molecule has 0 radical (unpaired) electrons. The van der Waals surface area contributed by atoms with E-state index in [1.807, 2.05) is 31.2 Å². The first kappa shape index (κ1) is 13.4. The largest absolute Gasteiger partial charge is 0.478 e. The Bertz CT molecular complexity index is 643. The van der Waals surface area contributed by atoms with Gasteiger partial charge < -0.3 is 10.8 Å². The van der Waals surface area contributed by atoms with Crippen LogP contribution in [0.25, 0.3) is 0 Å². The lowest BCUT2D eigenvalue weighted by molar-refractivity contribution is 0.0697. The Kier molecular flexibility index (Phi) is 3.76. The summed E-state index contributed by atoms with van der Waals surface area (Å²) in [4.78, 5) is 12.1. The molecular formula is C14H12FNO2S. The van der Waals surface area contributed by atoms with Crippen molar-refractivity contribution in [1.82, 2.24) is 0 Å². The van der Waals surface area contributed by atoms with E-state index in [4.69, 9.17) is 10.8 Å². The van der Waals surface area contributed by atoms with E-state index in [0.29, 0.717) is 0 Å². The molecule has 0 heterocycles. The highest BCUT2D eigenvalue weighted by Crippen LogP contribution is 2.34. The van der Waals surface area contributed by atoms with Crippen LogP contribution in [0.5, 0.6) is 0 Å². The maximum atomic E-state index is 13.8. The average molecular weight is 277 g/mol. The molecule has 98 valence electrons. The van der Waals surface area contributed by atoms with E-state index < -0.39 is 11.8 Å². The third kappa shape index (κ3) is 2.88. The maximum Gasteiger partial charge on any atom is 0.337 e. The molecule has 2 aromatic rings. The zero-order chi connectivity index (χ0) is 14.0. The van der Waals surface area contributed by atoms with Crippen LogP contribution in [0.15, 0.2) is 46.2 Å². The number of halogens is 1. The van der Waals surface area contributed by atoms with Crippen molar-refractivity contribution in [3.63, 3.8) is 0 Å². The van der Waals surface area contributed by atoms with Crippen LogP contribution >= 0.6 is 11.8 Å². The zero-order valence-electron chi connectivity index (χ0n) is 10.2. The van der Waals surface area contributed by atoms with E-state index in [9.17, 15) is 9.18 Å². The van der Waals surface area contributed by atoms with Crippen molar-refractivity contribution in [3.05, 3.63) is 53.3 Å². The van der Waals surface area contributed by atoms with Gasteiger partial charge in [0.05, 0.1) is 5.56 Å². The molecule has 0 aliphatic carbocycles. The smallest absolute Gasteiger partial charge is 0.337 e. The van der Waals surface area contributed by atoms with Crippen LogP contribution in [0.1, 0.15) is 15.9 Å². The number of aryl methyl sites for hydroxylation is 1. The Hall–Kier alpha value is -2.01. The third-order valence-electron chi connectivity index (χ3n) is 2.65. The minimum absolute atomic E-state index is 0.0702. The lowest BCUT2D eigenvalue weighted by atomic mass is 10.2. The molecule has 0 saturated heterocycles. The normalized spacial score (nSPS) is 10.4. The first-order valence-electron chi connectivity index (χ1n) is 5.55. The second-order valence-electron chi connectivity index (χ2n) is 4.04. The fourth-order valence-electron chi connectivity index (χ4n) is 1.62. The van der Waals surface area contributed by atoms with Gasteiger partial charge in [-0.05, 0) is 30.7 Å². The number of aromatic carboxylic acids is 1. The lowest BCUT2D eigenvalue weighted by Crippen LogP contribution is -2.03. The van der Waals surface area contributed by atoms with Crippen LogP contribution in [0.3, 0.4) is 0 Å². The number of carboxylic acid groups (broad SMARTS) is 1. The van der Waals surface area contributed by atoms with E-state index in [-0.39, 0.29) is 16.1 Å². The molecule has 0 spiro atoms. The SMILES string of the molecule is Cc1ccccc1Sc1cc(C(=O)O)c(N)cc1F. The van der Waals surface area contributed by atoms with E-state index in [2.05, 4.69) is 0 Å². The Balaban J connectivity index is 2.43. The molecule has 0 atom stereocenters. The Labute approximate surface area is 114 Å². The highest BCUT2D eigenvalue weighted by Gasteiger charge is 2.14. The number of anilines is 1. The standard InChI is InChI=1S/C14H12FNO2S/c1-8-4-2-3-5-12(8)19-13-6-9(14(17)18)11(16)7-10(13)15/h2-7H,16H2,1H3,(H,17,18). The molecule has 0 aliphatic heterocycles. The molecule has 3 N–H and O–H groups in total. The summed E-state index contributed by atoms with van der Waals surface area (Å²) in [6.45, 7) is 1.91. The zero-order valence-corrected chi connectivity index (χ0v) is 11.0. The summed E-state index contributed by atoms with van der Waals surface area (Å²) in [5.41, 5.74) is 6.33. The summed E-state index contributed by atoms with van der Waals surface area (Å²) in [6.07, 6.45) is 0. The van der Waals surface area contributed by atoms with Crippen LogP contribution < -0.4 is 5.73 Å². The van der Waals surface area contributed by atoms with Crippen molar-refractivity contribution in [2.75, 3.05) is 5.73 Å². The van der Waals surface area contributed by atoms with Gasteiger partial charge in [0.2, 0.25) is 0 Å². The number of hydrogen-bond donors (Lipinski definition) is 2. The summed E-state index contributed by atoms with van der Waals surface area (Å²) in [6, 6.07) is 9.82. The molecule has 0 amide bonds. The highest BCUT2D eigenvalue weighted by atomic mass is 32.2. The van der Waals surface area contributed by atoms with Crippen LogP contribution in [0, 0.1) is 12.7 Å². The highest BCUT2D eigenvalue weighted by molar-refractivity contribution is 7.99. The van der Waals surface area contributed by atoms with Crippen molar-refractivity contribution in [2.45, 2.75) is 16.7 Å². The molecule has 0 bridgehead atoms. The van der Waals surface area contributed by atoms with Crippen molar-refractivity contribution in [1.29, 1.82) is 0 Å². The fraction of sp³-hybridized carbons (Fsp3) is 0.0714. The molecule has 0 fully saturated rings. The molecule has 0 saturated carbocycles. The second-order valence-corrected chi connectivity index (χ2v) is 5.13. The third-order valence-corrected chi connectivity index (χ3v) is 3.86. The van der Waals surface area contributed by atoms with E-state index in [1.165, 1.54) is 17.8 Å². The predicted molar refractivity (Wildman–Crippen MR) is 73.1 cm³/mol. The van der Waals surface area contributed by atoms with E-state index in [0.717, 1.165) is 16.5 Å². The molecule has 5 heteroatoms. The number of benzene rings is 2. The first-order chi connectivity index (χ1) is 8.99. The van der Waals surface area contributed by atoms with Gasteiger partial charge in [-0.2, -0.15) is 0 Å². The summed E-state index contributed by atoms with van der Waals surface area (Å²) < 4.78 is 13.8. The molecule has 2 rings (SSSR count). The monoisotopic (exact) mass is 277 g/mol. The summed E-state index contributed by atoms with van der Waals surface area (Å²) in [5, 5.41) is 8.99. The molecule has 0 aromatic heterocycles. The Morgan fingerprint density at radius 3 is 2.58 bits per heavy atom. The number of rotatable bonds is 3. The molecule has 19 heavy (non-hydrogen) atoms. The molecule has 0 unspecified atom stereocenters. The molecule has 0 aliphatic rings. The topological polar surface area (TPSA) is 63.3 Å². The average Bonchev–Trinajstić information content (AvgIpc) is 2.34. The number of nitrogen functional groups attached to an aromatic ring is 1. The van der Waals surface area contributed by atoms with E-state index in [1.54, 1.807) is 0 Å². The molecule has 2 aromatic carbocycles. The minimum atomic E-state index is -1.16. The van der Waals surface area contributed by atoms with Gasteiger partial charge in [0, 0.05) is 15.5 Å². The fourth-order valence-corrected chi connectivity index (χ4v) is 2.57. The predicted octanol–water partition coefficient (Wildman–Crippen LogP) is 3.57. The molecule has 3 nitrogen and oxygen atoms in total. The van der Waals surface area contributed by atoms with Crippen LogP contribution in [-0.2, 0) is 0 Å². The van der Waals surface area contributed by atoms with Crippen LogP contribution in [-0.4, -0.2) is 11.1 Å². The van der Waals surface area contributed by atoms with E-state index >= 15 is 0 Å². The van der Waals surface area contributed by atoms with Crippen molar-refractivity contribution in [2.24, 2.45) is 0 Å². The summed E-state index contributed by atoms with van der Waals surface area (Å²) in [5.74, 6) is -1.68. The quantitative estimate of drug-likeness (QED) is 0.842. The van der Waals surface area contributed by atoms with Gasteiger partial charge in [0.25, 0.3) is 0 Å². The first-order valence-corrected chi connectivity index (χ1v) is 6.36. The second kappa shape index (κ2) is 5.32. The summed E-state index contributed by atoms with van der Waals surface area (Å²) in [7, 11) is 0. The van der Waals surface area contributed by atoms with Gasteiger partial charge in [-0.15, -0.1) is 0 Å². The van der Waals surface area contributed by atoms with Gasteiger partial charge in [-0.1, -0.05) is 30.0 Å². The maximum absolute atomic E-state index is 13.8. The summed E-state index contributed by atoms with van der Waals surface area (Å²) >= 11 is 1.19. The van der Waals surface area contributed by atoms with Crippen molar-refractivity contribution >= 4 is 23.4 Å². The number of nitrogens with two attached hydrogens (primary N) is 1. The Morgan fingerprint density at radius 2 is 1.95 bits per heavy atom. The van der Waals surface area contributed by atoms with Gasteiger partial charge in [-0.3, -0.25) is 0 Å². The Morgan fingerprint density at radius 1 is 1.26 bits per heavy atom. The lowest BCUT2D eigenvalue weighted by Gasteiger charge is -2.09. The van der Waals surface area contributed by atoms with Crippen LogP contribution in [0.2, 0.25) is 0 Å².